The Morgan fingerprint density at radius 1 is 1.19 bits per heavy atom. The van der Waals surface area contributed by atoms with Gasteiger partial charge in [-0.2, -0.15) is 0 Å². The molecule has 2 aromatic rings. The Balaban J connectivity index is 2.57. The molecule has 0 atom stereocenters. The molecule has 0 aromatic heterocycles. The third-order valence-corrected chi connectivity index (χ3v) is 3.85. The van der Waals surface area contributed by atoms with Crippen LogP contribution in [0.15, 0.2) is 22.7 Å². The molecule has 0 radical (unpaired) electrons. The summed E-state index contributed by atoms with van der Waals surface area (Å²) in [5.74, 6) is 0.0874. The van der Waals surface area contributed by atoms with E-state index in [1.54, 1.807) is 6.07 Å². The Morgan fingerprint density at radius 2 is 1.94 bits per heavy atom. The molecule has 0 unspecified atom stereocenters. The van der Waals surface area contributed by atoms with Crippen LogP contribution in [-0.4, -0.2) is 11.4 Å². The van der Waals surface area contributed by atoms with Gasteiger partial charge in [-0.05, 0) is 41.5 Å². The largest absolute Gasteiger partial charge is 0.507 e. The van der Waals surface area contributed by atoms with Gasteiger partial charge in [0.25, 0.3) is 0 Å². The summed E-state index contributed by atoms with van der Waals surface area (Å²) < 4.78 is 0.843. The number of rotatable bonds is 1. The first-order valence-electron chi connectivity index (χ1n) is 5.13. The maximum atomic E-state index is 10.9. The predicted molar refractivity (Wildman–Crippen MR) is 66.1 cm³/mol. The lowest BCUT2D eigenvalue weighted by Crippen LogP contribution is -1.88. The Hall–Kier alpha value is -1.35. The van der Waals surface area contributed by atoms with Crippen molar-refractivity contribution in [1.82, 2.24) is 0 Å². The van der Waals surface area contributed by atoms with Gasteiger partial charge in [0.15, 0.2) is 6.29 Å². The van der Waals surface area contributed by atoms with Crippen molar-refractivity contribution in [3.05, 3.63) is 39.4 Å². The number of phenols is 1. The fourth-order valence-electron chi connectivity index (χ4n) is 2.46. The van der Waals surface area contributed by atoms with Gasteiger partial charge in [-0.3, -0.25) is 4.79 Å². The average molecular weight is 277 g/mol. The number of carbonyl (C=O) groups is 1. The molecular weight excluding hydrogens is 268 g/mol. The molecule has 3 heteroatoms. The average Bonchev–Trinajstić information content (AvgIpc) is 2.69. The van der Waals surface area contributed by atoms with Crippen molar-refractivity contribution < 1.29 is 9.90 Å². The molecular formula is C13H9BrO2. The topological polar surface area (TPSA) is 37.3 Å². The van der Waals surface area contributed by atoms with Gasteiger partial charge in [-0.25, -0.2) is 0 Å². The minimum atomic E-state index is 0.0874. The van der Waals surface area contributed by atoms with Crippen LogP contribution in [-0.2, 0) is 12.8 Å². The number of halogens is 1. The molecule has 0 fully saturated rings. The highest BCUT2D eigenvalue weighted by atomic mass is 79.9. The predicted octanol–water partition coefficient (Wildman–Crippen LogP) is 3.22. The molecule has 2 nitrogen and oxygen atoms in total. The zero-order chi connectivity index (χ0) is 11.3. The van der Waals surface area contributed by atoms with Crippen molar-refractivity contribution in [2.24, 2.45) is 0 Å². The van der Waals surface area contributed by atoms with Crippen LogP contribution in [0, 0.1) is 0 Å². The first kappa shape index (κ1) is 9.85. The molecule has 0 amide bonds. The number of hydrogen-bond donors (Lipinski definition) is 1. The molecule has 80 valence electrons. The highest BCUT2D eigenvalue weighted by Crippen LogP contribution is 2.41. The quantitative estimate of drug-likeness (QED) is 0.812. The summed E-state index contributed by atoms with van der Waals surface area (Å²) in [5, 5.41) is 11.9. The van der Waals surface area contributed by atoms with Crippen LogP contribution in [0.2, 0.25) is 0 Å². The number of hydrogen-bond acceptors (Lipinski definition) is 2. The van der Waals surface area contributed by atoms with Crippen LogP contribution in [0.1, 0.15) is 21.5 Å². The van der Waals surface area contributed by atoms with Crippen molar-refractivity contribution in [1.29, 1.82) is 0 Å². The standard InChI is InChI=1S/C13H9BrO2/c14-10-4-3-7-1-2-8-5-9(6-15)13(16)12(10)11(7)8/h3-6,16H,1-2H2. The molecule has 16 heavy (non-hydrogen) atoms. The summed E-state index contributed by atoms with van der Waals surface area (Å²) in [6.07, 6.45) is 2.65. The number of benzene rings is 2. The monoisotopic (exact) mass is 276 g/mol. The fraction of sp³-hybridized carbons (Fsp3) is 0.154. The van der Waals surface area contributed by atoms with Crippen LogP contribution in [0.3, 0.4) is 0 Å². The van der Waals surface area contributed by atoms with Crippen molar-refractivity contribution in [3.8, 4) is 5.75 Å². The number of aromatic hydroxyl groups is 1. The van der Waals surface area contributed by atoms with Gasteiger partial charge < -0.3 is 5.11 Å². The summed E-state index contributed by atoms with van der Waals surface area (Å²) in [4.78, 5) is 10.9. The highest BCUT2D eigenvalue weighted by molar-refractivity contribution is 9.10. The molecule has 1 aliphatic carbocycles. The van der Waals surface area contributed by atoms with Crippen LogP contribution >= 0.6 is 15.9 Å². The molecule has 0 saturated heterocycles. The van der Waals surface area contributed by atoms with E-state index in [0.29, 0.717) is 11.8 Å². The van der Waals surface area contributed by atoms with Gasteiger partial charge in [0.2, 0.25) is 0 Å². The third kappa shape index (κ3) is 1.15. The van der Waals surface area contributed by atoms with Crippen LogP contribution in [0.25, 0.3) is 10.8 Å². The van der Waals surface area contributed by atoms with Crippen LogP contribution < -0.4 is 0 Å². The molecule has 0 spiro atoms. The Morgan fingerprint density at radius 3 is 2.69 bits per heavy atom. The van der Waals surface area contributed by atoms with Gasteiger partial charge in [0.1, 0.15) is 5.75 Å². The summed E-state index contributed by atoms with van der Waals surface area (Å²) in [5.41, 5.74) is 2.79. The lowest BCUT2D eigenvalue weighted by atomic mass is 10.0. The smallest absolute Gasteiger partial charge is 0.153 e. The van der Waals surface area contributed by atoms with E-state index >= 15 is 0 Å². The Bertz CT molecular complexity index is 617. The van der Waals surface area contributed by atoms with E-state index in [2.05, 4.69) is 22.0 Å². The van der Waals surface area contributed by atoms with Crippen molar-refractivity contribution >= 4 is 33.0 Å². The first-order valence-corrected chi connectivity index (χ1v) is 5.93. The molecule has 0 bridgehead atoms. The fourth-order valence-corrected chi connectivity index (χ4v) is 2.97. The zero-order valence-corrected chi connectivity index (χ0v) is 10.0. The van der Waals surface area contributed by atoms with Gasteiger partial charge >= 0.3 is 0 Å². The highest BCUT2D eigenvalue weighted by Gasteiger charge is 2.20. The minimum Gasteiger partial charge on any atom is -0.507 e. The van der Waals surface area contributed by atoms with E-state index in [9.17, 15) is 9.90 Å². The van der Waals surface area contributed by atoms with E-state index in [1.165, 1.54) is 5.56 Å². The van der Waals surface area contributed by atoms with Gasteiger partial charge in [-0.1, -0.05) is 22.0 Å². The number of phenolic OH excluding ortho intramolecular Hbond substituents is 1. The Labute approximate surface area is 101 Å². The second-order valence-electron chi connectivity index (χ2n) is 4.05. The molecule has 3 rings (SSSR count). The summed E-state index contributed by atoms with van der Waals surface area (Å²) >= 11 is 3.43. The molecule has 1 N–H and O–H groups in total. The van der Waals surface area contributed by atoms with Gasteiger partial charge in [0.05, 0.1) is 5.56 Å². The zero-order valence-electron chi connectivity index (χ0n) is 8.46. The van der Waals surface area contributed by atoms with Crippen LogP contribution in [0.4, 0.5) is 0 Å². The van der Waals surface area contributed by atoms with E-state index in [0.717, 1.165) is 33.7 Å². The summed E-state index contributed by atoms with van der Waals surface area (Å²) in [6, 6.07) is 5.80. The molecule has 0 saturated carbocycles. The van der Waals surface area contributed by atoms with Crippen molar-refractivity contribution in [3.63, 3.8) is 0 Å². The van der Waals surface area contributed by atoms with E-state index < -0.39 is 0 Å². The first-order chi connectivity index (χ1) is 7.72. The van der Waals surface area contributed by atoms with E-state index in [-0.39, 0.29) is 5.75 Å². The second kappa shape index (κ2) is 3.32. The van der Waals surface area contributed by atoms with E-state index in [4.69, 9.17) is 0 Å². The molecule has 0 aliphatic heterocycles. The summed E-state index contributed by atoms with van der Waals surface area (Å²) in [6.45, 7) is 0. The molecule has 2 aromatic carbocycles. The lowest BCUT2D eigenvalue weighted by molar-refractivity contribution is 0.112. The summed E-state index contributed by atoms with van der Waals surface area (Å²) in [7, 11) is 0. The SMILES string of the molecule is O=Cc1cc2c3c(ccc(Br)c3c1O)CC2. The number of carbonyl (C=O) groups excluding carboxylic acids is 1. The lowest BCUT2D eigenvalue weighted by Gasteiger charge is -2.08. The number of aldehydes is 1. The van der Waals surface area contributed by atoms with Crippen molar-refractivity contribution in [2.45, 2.75) is 12.8 Å². The molecule has 1 aliphatic rings. The van der Waals surface area contributed by atoms with Gasteiger partial charge in [0, 0.05) is 9.86 Å². The van der Waals surface area contributed by atoms with Crippen molar-refractivity contribution in [2.75, 3.05) is 0 Å². The number of aryl methyl sites for hydroxylation is 2. The third-order valence-electron chi connectivity index (χ3n) is 3.19. The van der Waals surface area contributed by atoms with Gasteiger partial charge in [-0.15, -0.1) is 0 Å². The van der Waals surface area contributed by atoms with Crippen LogP contribution in [0.5, 0.6) is 5.75 Å². The van der Waals surface area contributed by atoms with E-state index in [1.807, 2.05) is 6.07 Å². The normalized spacial score (nSPS) is 13.3. The molecule has 0 heterocycles. The second-order valence-corrected chi connectivity index (χ2v) is 4.90. The minimum absolute atomic E-state index is 0.0874. The maximum Gasteiger partial charge on any atom is 0.153 e. The maximum absolute atomic E-state index is 10.9. The Kier molecular flexibility index (Phi) is 2.04.